The van der Waals surface area contributed by atoms with E-state index in [0.717, 1.165) is 6.42 Å². The van der Waals surface area contributed by atoms with Crippen molar-refractivity contribution in [2.45, 2.75) is 58.7 Å². The Morgan fingerprint density at radius 3 is 2.00 bits per heavy atom. The van der Waals surface area contributed by atoms with E-state index >= 15 is 0 Å². The molecule has 0 saturated carbocycles. The minimum Gasteiger partial charge on any atom is -0.368 e. The topological polar surface area (TPSA) is 23.5 Å². The molecule has 1 N–H and O–H groups in total. The summed E-state index contributed by atoms with van der Waals surface area (Å²) in [7, 11) is 1.47. The van der Waals surface area contributed by atoms with Crippen LogP contribution in [-0.2, 0) is 0 Å². The molecule has 0 aromatic heterocycles. The van der Waals surface area contributed by atoms with Crippen LogP contribution in [0, 0.1) is 5.92 Å². The number of nitrogens with zero attached hydrogens (tertiary/aromatic N) is 1. The normalized spacial score (nSPS) is 16.7. The molecule has 0 aromatic rings. The van der Waals surface area contributed by atoms with Gasteiger partial charge in [0.05, 0.1) is 0 Å². The van der Waals surface area contributed by atoms with Crippen molar-refractivity contribution in [1.82, 2.24) is 4.90 Å². The van der Waals surface area contributed by atoms with E-state index in [1.165, 1.54) is 8.93 Å². The van der Waals surface area contributed by atoms with E-state index in [2.05, 4.69) is 60.7 Å². The zero-order valence-corrected chi connectivity index (χ0v) is 12.7. The highest BCUT2D eigenvalue weighted by atomic mass is 127. The molecule has 0 fully saturated rings. The number of aliphatic hydroxyl groups excluding tert-OH is 1. The van der Waals surface area contributed by atoms with Crippen LogP contribution in [0.5, 0.6) is 0 Å². The van der Waals surface area contributed by atoms with Gasteiger partial charge in [0.25, 0.3) is 0 Å². The van der Waals surface area contributed by atoms with Crippen LogP contribution in [0.1, 0.15) is 41.0 Å². The Morgan fingerprint density at radius 1 is 1.21 bits per heavy atom. The second-order valence-electron chi connectivity index (χ2n) is 4.43. The SMILES string of the molecule is CC(C)CC(C)N(C(C)C)C(O)SI. The zero-order valence-electron chi connectivity index (χ0n) is 9.70. The predicted molar refractivity (Wildman–Crippen MR) is 73.5 cm³/mol. The minimum atomic E-state index is -0.385. The van der Waals surface area contributed by atoms with Crippen molar-refractivity contribution in [3.63, 3.8) is 0 Å². The highest BCUT2D eigenvalue weighted by Gasteiger charge is 2.24. The maximum atomic E-state index is 9.85. The van der Waals surface area contributed by atoms with Crippen molar-refractivity contribution in [2.75, 3.05) is 0 Å². The third kappa shape index (κ3) is 5.19. The van der Waals surface area contributed by atoms with Crippen LogP contribution in [0.25, 0.3) is 0 Å². The molecule has 0 aliphatic carbocycles. The van der Waals surface area contributed by atoms with Crippen molar-refractivity contribution < 1.29 is 5.11 Å². The van der Waals surface area contributed by atoms with Gasteiger partial charge in [0.15, 0.2) is 5.56 Å². The van der Waals surface area contributed by atoms with E-state index in [1.807, 2.05) is 0 Å². The Bertz CT molecular complexity index is 155. The van der Waals surface area contributed by atoms with Gasteiger partial charge < -0.3 is 5.11 Å². The van der Waals surface area contributed by atoms with E-state index in [0.29, 0.717) is 18.0 Å². The molecule has 0 amide bonds. The standard InChI is InChI=1S/C10H22INOS/c1-7(2)6-9(5)12(8(3)4)10(13)14-11/h7-10,13H,6H2,1-5H3. The fourth-order valence-electron chi connectivity index (χ4n) is 1.83. The smallest absolute Gasteiger partial charge is 0.165 e. The lowest BCUT2D eigenvalue weighted by Gasteiger charge is -2.36. The summed E-state index contributed by atoms with van der Waals surface area (Å²) >= 11 is 2.15. The van der Waals surface area contributed by atoms with Crippen molar-refractivity contribution >= 4 is 30.1 Å². The third-order valence-electron chi connectivity index (χ3n) is 2.25. The van der Waals surface area contributed by atoms with Crippen LogP contribution >= 0.6 is 30.1 Å². The van der Waals surface area contributed by atoms with Gasteiger partial charge in [-0.1, -0.05) is 13.8 Å². The molecule has 0 heterocycles. The predicted octanol–water partition coefficient (Wildman–Crippen LogP) is 3.49. The molecular weight excluding hydrogens is 309 g/mol. The van der Waals surface area contributed by atoms with Gasteiger partial charge >= 0.3 is 0 Å². The molecular formula is C10H22INOS. The average Bonchev–Trinajstić information content (AvgIpc) is 2.01. The first kappa shape index (κ1) is 15.0. The molecule has 2 nitrogen and oxygen atoms in total. The summed E-state index contributed by atoms with van der Waals surface area (Å²) in [5.74, 6) is 0.678. The van der Waals surface area contributed by atoms with Gasteiger partial charge in [-0.05, 0) is 63.2 Å². The second kappa shape index (κ2) is 7.30. The maximum absolute atomic E-state index is 9.85. The van der Waals surface area contributed by atoms with E-state index in [4.69, 9.17) is 0 Å². The van der Waals surface area contributed by atoms with Crippen LogP contribution in [0.2, 0.25) is 0 Å². The van der Waals surface area contributed by atoms with Gasteiger partial charge in [0.1, 0.15) is 0 Å². The largest absolute Gasteiger partial charge is 0.368 e. The summed E-state index contributed by atoms with van der Waals surface area (Å²) in [4.78, 5) is 2.16. The van der Waals surface area contributed by atoms with Gasteiger partial charge in [-0.25, -0.2) is 0 Å². The lowest BCUT2D eigenvalue weighted by Crippen LogP contribution is -2.44. The Kier molecular flexibility index (Phi) is 7.82. The van der Waals surface area contributed by atoms with Crippen LogP contribution in [-0.4, -0.2) is 27.7 Å². The summed E-state index contributed by atoms with van der Waals surface area (Å²) < 4.78 is 0. The lowest BCUT2D eigenvalue weighted by molar-refractivity contribution is 0.0151. The quantitative estimate of drug-likeness (QED) is 0.595. The summed E-state index contributed by atoms with van der Waals surface area (Å²) in [6.07, 6.45) is 1.13. The van der Waals surface area contributed by atoms with Crippen molar-refractivity contribution in [1.29, 1.82) is 0 Å². The maximum Gasteiger partial charge on any atom is 0.165 e. The molecule has 0 aliphatic rings. The van der Waals surface area contributed by atoms with E-state index in [1.54, 1.807) is 0 Å². The summed E-state index contributed by atoms with van der Waals surface area (Å²) in [6, 6.07) is 0.827. The molecule has 0 bridgehead atoms. The molecule has 86 valence electrons. The Labute approximate surface area is 104 Å². The number of rotatable bonds is 6. The monoisotopic (exact) mass is 331 g/mol. The molecule has 0 aliphatic heterocycles. The van der Waals surface area contributed by atoms with Crippen molar-refractivity contribution in [3.05, 3.63) is 0 Å². The van der Waals surface area contributed by atoms with Crippen LogP contribution < -0.4 is 0 Å². The first-order chi connectivity index (χ1) is 6.40. The van der Waals surface area contributed by atoms with E-state index < -0.39 is 0 Å². The molecule has 0 aromatic carbocycles. The number of aliphatic hydroxyl groups is 1. The molecule has 14 heavy (non-hydrogen) atoms. The summed E-state index contributed by atoms with van der Waals surface area (Å²) in [5, 5.41) is 9.85. The fourth-order valence-corrected chi connectivity index (χ4v) is 3.16. The Balaban J connectivity index is 4.33. The summed E-state index contributed by atoms with van der Waals surface area (Å²) in [5.41, 5.74) is -0.385. The minimum absolute atomic E-state index is 0.385. The van der Waals surface area contributed by atoms with E-state index in [9.17, 15) is 5.11 Å². The van der Waals surface area contributed by atoms with Gasteiger partial charge in [-0.2, -0.15) is 0 Å². The average molecular weight is 331 g/mol. The number of hydrogen-bond acceptors (Lipinski definition) is 3. The third-order valence-corrected chi connectivity index (χ3v) is 4.02. The van der Waals surface area contributed by atoms with Gasteiger partial charge in [-0.3, -0.25) is 4.90 Å². The van der Waals surface area contributed by atoms with E-state index in [-0.39, 0.29) is 5.56 Å². The molecule has 2 atom stereocenters. The van der Waals surface area contributed by atoms with Gasteiger partial charge in [0.2, 0.25) is 0 Å². The highest BCUT2D eigenvalue weighted by molar-refractivity contribution is 14.2. The van der Waals surface area contributed by atoms with Gasteiger partial charge in [-0.15, -0.1) is 0 Å². The summed E-state index contributed by atoms with van der Waals surface area (Å²) in [6.45, 7) is 10.9. The van der Waals surface area contributed by atoms with Crippen molar-refractivity contribution in [2.24, 2.45) is 5.92 Å². The van der Waals surface area contributed by atoms with Crippen molar-refractivity contribution in [3.8, 4) is 0 Å². The first-order valence-electron chi connectivity index (χ1n) is 5.13. The van der Waals surface area contributed by atoms with Crippen LogP contribution in [0.15, 0.2) is 0 Å². The first-order valence-corrected chi connectivity index (χ1v) is 8.55. The Morgan fingerprint density at radius 2 is 1.71 bits per heavy atom. The molecule has 4 heteroatoms. The highest BCUT2D eigenvalue weighted by Crippen LogP contribution is 2.26. The lowest BCUT2D eigenvalue weighted by atomic mass is 10.0. The van der Waals surface area contributed by atoms with Gasteiger partial charge in [0, 0.05) is 12.1 Å². The number of hydrogen-bond donors (Lipinski definition) is 1. The van der Waals surface area contributed by atoms with Crippen LogP contribution in [0.4, 0.5) is 0 Å². The second-order valence-corrected chi connectivity index (χ2v) is 6.56. The molecule has 2 unspecified atom stereocenters. The molecule has 0 saturated heterocycles. The fraction of sp³-hybridized carbons (Fsp3) is 1.00. The zero-order chi connectivity index (χ0) is 11.3. The number of halogens is 1. The molecule has 0 radical (unpaired) electrons. The van der Waals surface area contributed by atoms with Crippen LogP contribution in [0.3, 0.4) is 0 Å². The Hall–Kier alpha value is 1.00. The molecule has 0 rings (SSSR count). The molecule has 0 spiro atoms.